The third-order valence-corrected chi connectivity index (χ3v) is 4.85. The van der Waals surface area contributed by atoms with Crippen molar-refractivity contribution in [1.82, 2.24) is 4.98 Å². The quantitative estimate of drug-likeness (QED) is 0.622. The van der Waals surface area contributed by atoms with Crippen molar-refractivity contribution in [2.75, 3.05) is 36.0 Å². The van der Waals surface area contributed by atoms with Crippen molar-refractivity contribution >= 4 is 27.8 Å². The first-order valence-electron chi connectivity index (χ1n) is 7.12. The van der Waals surface area contributed by atoms with Crippen LogP contribution >= 0.6 is 11.3 Å². The number of benzene rings is 1. The molecule has 24 heavy (non-hydrogen) atoms. The molecule has 10 heteroatoms. The summed E-state index contributed by atoms with van der Waals surface area (Å²) in [6.45, 7) is 1.87. The van der Waals surface area contributed by atoms with Crippen LogP contribution in [0.25, 0.3) is 0 Å². The molecular formula is C14H13F3N4O2S. The predicted octanol–water partition coefficient (Wildman–Crippen LogP) is 3.40. The maximum Gasteiger partial charge on any atom is 0.427 e. The second kappa shape index (κ2) is 6.27. The summed E-state index contributed by atoms with van der Waals surface area (Å²) < 4.78 is 38.0. The van der Waals surface area contributed by atoms with E-state index in [0.717, 1.165) is 6.20 Å². The maximum atomic E-state index is 12.7. The van der Waals surface area contributed by atoms with Crippen LogP contribution in [0.5, 0.6) is 0 Å². The van der Waals surface area contributed by atoms with Crippen LogP contribution in [-0.2, 0) is 6.18 Å². The highest BCUT2D eigenvalue weighted by Crippen LogP contribution is 2.37. The number of halogens is 3. The topological polar surface area (TPSA) is 62.5 Å². The fraction of sp³-hybridized carbons (Fsp3) is 0.357. The molecule has 6 nitrogen and oxygen atoms in total. The Morgan fingerprint density at radius 2 is 1.75 bits per heavy atom. The van der Waals surface area contributed by atoms with Crippen molar-refractivity contribution in [3.63, 3.8) is 0 Å². The molecule has 1 saturated heterocycles. The van der Waals surface area contributed by atoms with Crippen LogP contribution in [0.1, 0.15) is 4.88 Å². The Bertz CT molecular complexity index is 742. The van der Waals surface area contributed by atoms with E-state index in [1.54, 1.807) is 23.1 Å². The fourth-order valence-electron chi connectivity index (χ4n) is 2.57. The van der Waals surface area contributed by atoms with Gasteiger partial charge in [-0.2, -0.15) is 13.2 Å². The Hall–Kier alpha value is -2.36. The number of aromatic nitrogens is 1. The van der Waals surface area contributed by atoms with Gasteiger partial charge < -0.3 is 9.80 Å². The van der Waals surface area contributed by atoms with Crippen molar-refractivity contribution in [3.8, 4) is 0 Å². The molecule has 3 rings (SSSR count). The van der Waals surface area contributed by atoms with Crippen LogP contribution < -0.4 is 9.80 Å². The summed E-state index contributed by atoms with van der Waals surface area (Å²) in [5, 5.41) is 11.4. The van der Waals surface area contributed by atoms with Gasteiger partial charge in [0.1, 0.15) is 10.6 Å². The zero-order chi connectivity index (χ0) is 17.3. The Labute approximate surface area is 139 Å². The molecule has 0 saturated carbocycles. The molecule has 1 aromatic heterocycles. The van der Waals surface area contributed by atoms with Crippen LogP contribution in [0.4, 0.5) is 29.7 Å². The molecule has 1 aliphatic heterocycles. The van der Waals surface area contributed by atoms with Gasteiger partial charge in [0.05, 0.1) is 11.1 Å². The smallest absolute Gasteiger partial charge is 0.362 e. The van der Waals surface area contributed by atoms with Crippen molar-refractivity contribution in [2.45, 2.75) is 6.18 Å². The molecule has 1 aliphatic rings. The number of piperazine rings is 1. The monoisotopic (exact) mass is 358 g/mol. The van der Waals surface area contributed by atoms with Crippen LogP contribution in [0, 0.1) is 10.1 Å². The summed E-state index contributed by atoms with van der Waals surface area (Å²) in [5.74, 6) is 0. The fourth-order valence-corrected chi connectivity index (χ4v) is 3.40. The Balaban J connectivity index is 1.70. The molecule has 0 aliphatic carbocycles. The van der Waals surface area contributed by atoms with Gasteiger partial charge in [0.15, 0.2) is 5.13 Å². The van der Waals surface area contributed by atoms with E-state index in [1.807, 2.05) is 4.90 Å². The first-order valence-corrected chi connectivity index (χ1v) is 7.94. The van der Waals surface area contributed by atoms with Gasteiger partial charge in [-0.1, -0.05) is 23.5 Å². The van der Waals surface area contributed by atoms with Gasteiger partial charge in [0.2, 0.25) is 0 Å². The zero-order valence-electron chi connectivity index (χ0n) is 12.4. The summed E-state index contributed by atoms with van der Waals surface area (Å²) in [7, 11) is 0. The van der Waals surface area contributed by atoms with Gasteiger partial charge >= 0.3 is 6.18 Å². The SMILES string of the molecule is O=[N+]([O-])c1ccccc1N1CCN(c2ncc(C(F)(F)F)s2)CC1. The highest BCUT2D eigenvalue weighted by atomic mass is 32.1. The molecular weight excluding hydrogens is 345 g/mol. The molecule has 128 valence electrons. The standard InChI is InChI=1S/C14H13F3N4O2S/c15-14(16,17)12-9-18-13(24-12)20-7-5-19(6-8-20)10-3-1-2-4-11(10)21(22)23/h1-4,9H,5-8H2. The van der Waals surface area contributed by atoms with Gasteiger partial charge in [0, 0.05) is 32.2 Å². The number of nitro benzene ring substituents is 1. The van der Waals surface area contributed by atoms with Crippen LogP contribution in [0.2, 0.25) is 0 Å². The highest BCUT2D eigenvalue weighted by molar-refractivity contribution is 7.15. The average Bonchev–Trinajstić information content (AvgIpc) is 3.05. The number of hydrogen-bond donors (Lipinski definition) is 0. The maximum absolute atomic E-state index is 12.7. The molecule has 2 heterocycles. The molecule has 0 unspecified atom stereocenters. The lowest BCUT2D eigenvalue weighted by molar-refractivity contribution is -0.384. The van der Waals surface area contributed by atoms with E-state index < -0.39 is 16.0 Å². The van der Waals surface area contributed by atoms with Gasteiger partial charge in [-0.15, -0.1) is 0 Å². The first-order chi connectivity index (χ1) is 11.4. The van der Waals surface area contributed by atoms with Crippen molar-refractivity contribution < 1.29 is 18.1 Å². The Kier molecular flexibility index (Phi) is 4.31. The lowest BCUT2D eigenvalue weighted by atomic mass is 10.2. The largest absolute Gasteiger partial charge is 0.427 e. The normalized spacial score (nSPS) is 15.6. The Morgan fingerprint density at radius 1 is 1.12 bits per heavy atom. The molecule has 0 atom stereocenters. The van der Waals surface area contributed by atoms with E-state index in [0.29, 0.717) is 48.3 Å². The number of para-hydroxylation sites is 2. The number of rotatable bonds is 3. The summed E-state index contributed by atoms with van der Waals surface area (Å²) in [6.07, 6.45) is -3.54. The first kappa shape index (κ1) is 16.5. The van der Waals surface area contributed by atoms with E-state index in [2.05, 4.69) is 4.98 Å². The van der Waals surface area contributed by atoms with Crippen LogP contribution in [0.15, 0.2) is 30.5 Å². The summed E-state index contributed by atoms with van der Waals surface area (Å²) in [5.41, 5.74) is 0.553. The molecule has 0 bridgehead atoms. The van der Waals surface area contributed by atoms with Crippen molar-refractivity contribution in [2.24, 2.45) is 0 Å². The predicted molar refractivity (Wildman–Crippen MR) is 84.6 cm³/mol. The number of hydrogen-bond acceptors (Lipinski definition) is 6. The summed E-state index contributed by atoms with van der Waals surface area (Å²) in [4.78, 5) is 17.4. The second-order valence-corrected chi connectivity index (χ2v) is 6.23. The van der Waals surface area contributed by atoms with Crippen LogP contribution in [-0.4, -0.2) is 36.1 Å². The molecule has 0 radical (unpaired) electrons. The van der Waals surface area contributed by atoms with Gasteiger partial charge in [0.25, 0.3) is 5.69 Å². The summed E-state index contributed by atoms with van der Waals surface area (Å²) in [6, 6.07) is 6.45. The number of thiazole rings is 1. The number of alkyl halides is 3. The lowest BCUT2D eigenvalue weighted by Gasteiger charge is -2.35. The van der Waals surface area contributed by atoms with Gasteiger partial charge in [-0.25, -0.2) is 4.98 Å². The van der Waals surface area contributed by atoms with Gasteiger partial charge in [-0.05, 0) is 6.07 Å². The van der Waals surface area contributed by atoms with Crippen molar-refractivity contribution in [3.05, 3.63) is 45.5 Å². The van der Waals surface area contributed by atoms with E-state index in [9.17, 15) is 23.3 Å². The van der Waals surface area contributed by atoms with Gasteiger partial charge in [-0.3, -0.25) is 10.1 Å². The number of anilines is 2. The minimum absolute atomic E-state index is 0.0274. The Morgan fingerprint density at radius 3 is 2.33 bits per heavy atom. The molecule has 0 amide bonds. The third-order valence-electron chi connectivity index (χ3n) is 3.74. The number of nitro groups is 1. The highest BCUT2D eigenvalue weighted by Gasteiger charge is 2.34. The second-order valence-electron chi connectivity index (χ2n) is 5.22. The minimum atomic E-state index is -4.39. The average molecular weight is 358 g/mol. The number of nitrogens with zero attached hydrogens (tertiary/aromatic N) is 4. The molecule has 2 aromatic rings. The zero-order valence-corrected chi connectivity index (χ0v) is 13.2. The molecule has 1 fully saturated rings. The van der Waals surface area contributed by atoms with E-state index in [4.69, 9.17) is 0 Å². The minimum Gasteiger partial charge on any atom is -0.362 e. The third kappa shape index (κ3) is 3.28. The lowest BCUT2D eigenvalue weighted by Crippen LogP contribution is -2.46. The molecule has 0 spiro atoms. The summed E-state index contributed by atoms with van der Waals surface area (Å²) >= 11 is 0.614. The van der Waals surface area contributed by atoms with E-state index >= 15 is 0 Å². The molecule has 1 aromatic carbocycles. The molecule has 0 N–H and O–H groups in total. The van der Waals surface area contributed by atoms with Crippen LogP contribution in [0.3, 0.4) is 0 Å². The van der Waals surface area contributed by atoms with E-state index in [1.165, 1.54) is 6.07 Å². The van der Waals surface area contributed by atoms with Crippen molar-refractivity contribution in [1.29, 1.82) is 0 Å². The van der Waals surface area contributed by atoms with E-state index in [-0.39, 0.29) is 5.69 Å².